The predicted molar refractivity (Wildman–Crippen MR) is 110 cm³/mol. The first-order valence-corrected chi connectivity index (χ1v) is 10.2. The highest BCUT2D eigenvalue weighted by molar-refractivity contribution is 6.42. The number of esters is 3. The quantitative estimate of drug-likeness (QED) is 0.474. The van der Waals surface area contributed by atoms with Crippen molar-refractivity contribution in [3.05, 3.63) is 27.5 Å². The van der Waals surface area contributed by atoms with Crippen LogP contribution in [0.1, 0.15) is 33.2 Å². The molecule has 1 aromatic heterocycles. The summed E-state index contributed by atoms with van der Waals surface area (Å²) in [5.41, 5.74) is 1.08. The molecule has 4 unspecified atom stereocenters. The molecular formula is C19H19Cl3N2O6. The Kier molecular flexibility index (Phi) is 6.79. The topological polar surface area (TPSA) is 96.7 Å². The molecule has 0 aliphatic heterocycles. The first-order valence-electron chi connectivity index (χ1n) is 9.08. The van der Waals surface area contributed by atoms with Crippen molar-refractivity contribution in [2.24, 2.45) is 5.92 Å². The summed E-state index contributed by atoms with van der Waals surface area (Å²) in [7, 11) is 0. The molecule has 1 aliphatic rings. The second-order valence-corrected chi connectivity index (χ2v) is 8.17. The molecule has 1 aromatic carbocycles. The molecule has 162 valence electrons. The molecule has 0 bridgehead atoms. The van der Waals surface area contributed by atoms with Gasteiger partial charge in [0.25, 0.3) is 0 Å². The molecule has 1 heterocycles. The van der Waals surface area contributed by atoms with Crippen molar-refractivity contribution in [1.82, 2.24) is 9.55 Å². The summed E-state index contributed by atoms with van der Waals surface area (Å²) in [5.74, 6) is -2.01. The van der Waals surface area contributed by atoms with Gasteiger partial charge in [0.1, 0.15) is 6.10 Å². The highest BCUT2D eigenvalue weighted by Crippen LogP contribution is 2.43. The zero-order valence-electron chi connectivity index (χ0n) is 16.4. The minimum atomic E-state index is -0.878. The molecular weight excluding hydrogens is 459 g/mol. The van der Waals surface area contributed by atoms with Gasteiger partial charge in [-0.25, -0.2) is 4.98 Å². The van der Waals surface area contributed by atoms with E-state index in [4.69, 9.17) is 49.0 Å². The number of ether oxygens (including phenoxy) is 3. The summed E-state index contributed by atoms with van der Waals surface area (Å²) in [6, 6.07) is 2.65. The second-order valence-electron chi connectivity index (χ2n) is 7.02. The lowest BCUT2D eigenvalue weighted by Gasteiger charge is -2.26. The van der Waals surface area contributed by atoms with E-state index < -0.39 is 42.1 Å². The van der Waals surface area contributed by atoms with E-state index in [1.54, 1.807) is 16.7 Å². The molecule has 1 saturated carbocycles. The molecule has 3 rings (SSSR count). The highest BCUT2D eigenvalue weighted by atomic mass is 35.5. The molecule has 0 radical (unpaired) electrons. The number of halogens is 3. The summed E-state index contributed by atoms with van der Waals surface area (Å²) in [4.78, 5) is 39.2. The predicted octanol–water partition coefficient (Wildman–Crippen LogP) is 3.98. The molecule has 0 amide bonds. The normalized spacial score (nSPS) is 23.4. The van der Waals surface area contributed by atoms with E-state index in [-0.39, 0.29) is 11.9 Å². The van der Waals surface area contributed by atoms with Crippen LogP contribution in [0.2, 0.25) is 15.3 Å². The largest absolute Gasteiger partial charge is 0.465 e. The van der Waals surface area contributed by atoms with Crippen molar-refractivity contribution in [1.29, 1.82) is 0 Å². The van der Waals surface area contributed by atoms with Crippen molar-refractivity contribution < 1.29 is 28.6 Å². The van der Waals surface area contributed by atoms with Crippen LogP contribution in [0, 0.1) is 5.92 Å². The average molecular weight is 478 g/mol. The third kappa shape index (κ3) is 4.66. The van der Waals surface area contributed by atoms with Crippen LogP contribution in [0.3, 0.4) is 0 Å². The van der Waals surface area contributed by atoms with Gasteiger partial charge in [0.05, 0.1) is 33.7 Å². The van der Waals surface area contributed by atoms with Gasteiger partial charge in [-0.05, 0) is 30.2 Å². The SMILES string of the molecule is CC(=O)OCC1CC(n2c(Cl)nc3cc(Cl)c(Cl)cc32)C(OC(C)=O)C1OC(C)=O. The number of carbonyl (C=O) groups is 3. The molecule has 11 heteroatoms. The first kappa shape index (κ1) is 22.7. The zero-order chi connectivity index (χ0) is 22.2. The Morgan fingerprint density at radius 1 is 1.00 bits per heavy atom. The molecule has 0 N–H and O–H groups in total. The number of nitrogens with zero attached hydrogens (tertiary/aromatic N) is 2. The van der Waals surface area contributed by atoms with Crippen molar-refractivity contribution in [3.63, 3.8) is 0 Å². The third-order valence-corrected chi connectivity index (χ3v) is 5.83. The fourth-order valence-corrected chi connectivity index (χ4v) is 4.40. The number of rotatable bonds is 5. The van der Waals surface area contributed by atoms with E-state index in [0.717, 1.165) is 0 Å². The smallest absolute Gasteiger partial charge is 0.303 e. The number of carbonyl (C=O) groups excluding carboxylic acids is 3. The number of fused-ring (bicyclic) bond motifs is 1. The summed E-state index contributed by atoms with van der Waals surface area (Å²) in [6.07, 6.45) is -1.38. The van der Waals surface area contributed by atoms with E-state index in [1.165, 1.54) is 20.8 Å². The Morgan fingerprint density at radius 2 is 1.60 bits per heavy atom. The summed E-state index contributed by atoms with van der Waals surface area (Å²) in [6.45, 7) is 3.77. The number of hydrogen-bond donors (Lipinski definition) is 0. The summed E-state index contributed by atoms with van der Waals surface area (Å²) < 4.78 is 17.8. The summed E-state index contributed by atoms with van der Waals surface area (Å²) in [5, 5.41) is 0.746. The molecule has 0 spiro atoms. The van der Waals surface area contributed by atoms with Crippen LogP contribution in [0.15, 0.2) is 12.1 Å². The fourth-order valence-electron chi connectivity index (χ4n) is 3.77. The van der Waals surface area contributed by atoms with Gasteiger partial charge in [-0.3, -0.25) is 14.4 Å². The van der Waals surface area contributed by atoms with Crippen LogP contribution >= 0.6 is 34.8 Å². The molecule has 1 aliphatic carbocycles. The van der Waals surface area contributed by atoms with Gasteiger partial charge in [0.2, 0.25) is 5.28 Å². The van der Waals surface area contributed by atoms with Crippen LogP contribution in [0.25, 0.3) is 11.0 Å². The van der Waals surface area contributed by atoms with Crippen LogP contribution in [-0.4, -0.2) is 46.3 Å². The Balaban J connectivity index is 2.09. The van der Waals surface area contributed by atoms with E-state index in [2.05, 4.69) is 4.98 Å². The van der Waals surface area contributed by atoms with Crippen molar-refractivity contribution in [2.75, 3.05) is 6.61 Å². The molecule has 2 aromatic rings. The minimum Gasteiger partial charge on any atom is -0.465 e. The number of hydrogen-bond acceptors (Lipinski definition) is 7. The van der Waals surface area contributed by atoms with E-state index >= 15 is 0 Å². The third-order valence-electron chi connectivity index (χ3n) is 4.84. The second kappa shape index (κ2) is 8.99. The van der Waals surface area contributed by atoms with Gasteiger partial charge in [0, 0.05) is 26.7 Å². The van der Waals surface area contributed by atoms with E-state index in [0.29, 0.717) is 27.5 Å². The van der Waals surface area contributed by atoms with E-state index in [1.807, 2.05) is 0 Å². The maximum atomic E-state index is 11.8. The van der Waals surface area contributed by atoms with Gasteiger partial charge in [-0.2, -0.15) is 0 Å². The van der Waals surface area contributed by atoms with Gasteiger partial charge in [0.15, 0.2) is 6.10 Å². The molecule has 8 nitrogen and oxygen atoms in total. The lowest BCUT2D eigenvalue weighted by atomic mass is 10.1. The van der Waals surface area contributed by atoms with E-state index in [9.17, 15) is 14.4 Å². The van der Waals surface area contributed by atoms with Gasteiger partial charge < -0.3 is 18.8 Å². The molecule has 4 atom stereocenters. The maximum Gasteiger partial charge on any atom is 0.303 e. The number of benzene rings is 1. The average Bonchev–Trinajstić information content (AvgIpc) is 3.10. The van der Waals surface area contributed by atoms with Crippen molar-refractivity contribution in [2.45, 2.75) is 45.4 Å². The van der Waals surface area contributed by atoms with Gasteiger partial charge >= 0.3 is 17.9 Å². The minimum absolute atomic E-state index is 0.0155. The van der Waals surface area contributed by atoms with Crippen molar-refractivity contribution >= 4 is 63.7 Å². The van der Waals surface area contributed by atoms with Crippen LogP contribution in [-0.2, 0) is 28.6 Å². The Bertz CT molecular complexity index is 1010. The van der Waals surface area contributed by atoms with Crippen LogP contribution in [0.4, 0.5) is 0 Å². The van der Waals surface area contributed by atoms with Gasteiger partial charge in [-0.15, -0.1) is 0 Å². The zero-order valence-corrected chi connectivity index (χ0v) is 18.6. The Labute approximate surface area is 187 Å². The first-order chi connectivity index (χ1) is 14.1. The van der Waals surface area contributed by atoms with Gasteiger partial charge in [-0.1, -0.05) is 23.2 Å². The van der Waals surface area contributed by atoms with Crippen molar-refractivity contribution in [3.8, 4) is 0 Å². The number of imidazole rings is 1. The lowest BCUT2D eigenvalue weighted by Crippen LogP contribution is -2.38. The lowest BCUT2D eigenvalue weighted by molar-refractivity contribution is -0.168. The Morgan fingerprint density at radius 3 is 2.20 bits per heavy atom. The fraction of sp³-hybridized carbons (Fsp3) is 0.474. The number of aromatic nitrogens is 2. The molecule has 0 saturated heterocycles. The van der Waals surface area contributed by atoms with Crippen LogP contribution in [0.5, 0.6) is 0 Å². The Hall–Kier alpha value is -2.03. The molecule has 30 heavy (non-hydrogen) atoms. The maximum absolute atomic E-state index is 11.8. The molecule has 1 fully saturated rings. The monoisotopic (exact) mass is 476 g/mol. The highest BCUT2D eigenvalue weighted by Gasteiger charge is 2.50. The van der Waals surface area contributed by atoms with Crippen LogP contribution < -0.4 is 0 Å². The summed E-state index contributed by atoms with van der Waals surface area (Å²) >= 11 is 18.7. The standard InChI is InChI=1S/C19H19Cl3N2O6/c1-8(25)28-7-11-4-16(18(30-10(3)27)17(11)29-9(2)26)24-15-6-13(21)12(20)5-14(15)23-19(24)22/h5-6,11,16-18H,4,7H2,1-3H3.